The summed E-state index contributed by atoms with van der Waals surface area (Å²) >= 11 is 0. The standard InChI is InChI=1S/C13H22N4O2.2C2HF3O2/c1-18-6-4-17-5-7-19-13-10-16(9-12(13)17)8-11-2-3-14-15-11;2*3-2(4,5)1(6)7/h2-3,12-13H,4-10H2,1H3,(H,14,15);2*(H,6,7)/t12-,13+;;/m1../s1. The lowest BCUT2D eigenvalue weighted by atomic mass is 10.1. The lowest BCUT2D eigenvalue weighted by Crippen LogP contribution is -2.51. The first-order chi connectivity index (χ1) is 15.3. The van der Waals surface area contributed by atoms with Crippen molar-refractivity contribution in [2.75, 3.05) is 46.5 Å². The van der Waals surface area contributed by atoms with E-state index >= 15 is 0 Å². The molecule has 0 saturated carbocycles. The lowest BCUT2D eigenvalue weighted by Gasteiger charge is -2.36. The van der Waals surface area contributed by atoms with Crippen LogP contribution in [0, 0.1) is 0 Å². The molecule has 1 aromatic heterocycles. The molecular weight excluding hydrogens is 470 g/mol. The van der Waals surface area contributed by atoms with Crippen molar-refractivity contribution in [1.29, 1.82) is 0 Å². The number of morpholine rings is 1. The minimum atomic E-state index is -5.08. The number of methoxy groups -OCH3 is 1. The maximum Gasteiger partial charge on any atom is 0.490 e. The zero-order valence-electron chi connectivity index (χ0n) is 17.4. The Labute approximate surface area is 184 Å². The molecule has 2 aliphatic rings. The first kappa shape index (κ1) is 28.6. The molecule has 3 heterocycles. The highest BCUT2D eigenvalue weighted by atomic mass is 19.4. The smallest absolute Gasteiger partial charge is 0.475 e. The molecule has 0 aliphatic carbocycles. The van der Waals surface area contributed by atoms with E-state index in [-0.39, 0.29) is 0 Å². The SMILES string of the molecule is COCCN1CCO[C@H]2CN(Cc3ccn[nH]3)C[C@H]21.O=C(O)C(F)(F)F.O=C(O)C(F)(F)F. The van der Waals surface area contributed by atoms with Crippen LogP contribution < -0.4 is 0 Å². The Balaban J connectivity index is 0.000000324. The normalized spacial score (nSPS) is 21.3. The summed E-state index contributed by atoms with van der Waals surface area (Å²) in [6, 6.07) is 2.54. The van der Waals surface area contributed by atoms with Crippen molar-refractivity contribution in [2.24, 2.45) is 0 Å². The second kappa shape index (κ2) is 12.7. The van der Waals surface area contributed by atoms with Crippen LogP contribution in [0.2, 0.25) is 0 Å². The van der Waals surface area contributed by atoms with E-state index in [1.807, 2.05) is 6.07 Å². The highest BCUT2D eigenvalue weighted by molar-refractivity contribution is 5.73. The number of carbonyl (C=O) groups is 2. The molecule has 0 bridgehead atoms. The molecule has 33 heavy (non-hydrogen) atoms. The van der Waals surface area contributed by atoms with Crippen LogP contribution >= 0.6 is 0 Å². The number of halogens is 6. The van der Waals surface area contributed by atoms with Crippen molar-refractivity contribution >= 4 is 11.9 Å². The summed E-state index contributed by atoms with van der Waals surface area (Å²) in [7, 11) is 1.76. The number of nitrogens with one attached hydrogen (secondary N) is 1. The lowest BCUT2D eigenvalue weighted by molar-refractivity contribution is -0.193. The number of carboxylic acids is 2. The number of hydrogen-bond donors (Lipinski definition) is 3. The van der Waals surface area contributed by atoms with Gasteiger partial charge < -0.3 is 19.7 Å². The maximum absolute atomic E-state index is 10.6. The molecular formula is C17H24F6N4O6. The molecule has 0 spiro atoms. The van der Waals surface area contributed by atoms with Crippen molar-refractivity contribution < 1.29 is 55.6 Å². The molecule has 2 saturated heterocycles. The summed E-state index contributed by atoms with van der Waals surface area (Å²) in [5, 5.41) is 21.3. The molecule has 3 N–H and O–H groups in total. The Bertz CT molecular complexity index is 707. The van der Waals surface area contributed by atoms with E-state index in [1.165, 1.54) is 5.69 Å². The van der Waals surface area contributed by atoms with Crippen LogP contribution in [0.5, 0.6) is 0 Å². The molecule has 190 valence electrons. The van der Waals surface area contributed by atoms with Gasteiger partial charge >= 0.3 is 24.3 Å². The third-order valence-electron chi connectivity index (χ3n) is 4.51. The molecule has 0 radical (unpaired) electrons. The molecule has 2 atom stereocenters. The minimum absolute atomic E-state index is 0.341. The predicted molar refractivity (Wildman–Crippen MR) is 98.2 cm³/mol. The second-order valence-electron chi connectivity index (χ2n) is 6.89. The number of aromatic nitrogens is 2. The van der Waals surface area contributed by atoms with Gasteiger partial charge in [-0.2, -0.15) is 31.4 Å². The molecule has 16 heteroatoms. The molecule has 2 fully saturated rings. The monoisotopic (exact) mass is 494 g/mol. The Morgan fingerprint density at radius 1 is 1.18 bits per heavy atom. The van der Waals surface area contributed by atoms with Gasteiger partial charge in [-0.1, -0.05) is 0 Å². The zero-order valence-corrected chi connectivity index (χ0v) is 17.4. The van der Waals surface area contributed by atoms with Gasteiger partial charge in [0.15, 0.2) is 0 Å². The first-order valence-electron chi connectivity index (χ1n) is 9.41. The van der Waals surface area contributed by atoms with Gasteiger partial charge in [-0.05, 0) is 6.07 Å². The van der Waals surface area contributed by atoms with Gasteiger partial charge in [0.05, 0.1) is 19.3 Å². The van der Waals surface area contributed by atoms with E-state index in [0.717, 1.165) is 45.9 Å². The summed E-state index contributed by atoms with van der Waals surface area (Å²) in [4.78, 5) is 22.7. The maximum atomic E-state index is 10.6. The number of aliphatic carboxylic acids is 2. The number of likely N-dealkylation sites (tertiary alicyclic amines) is 1. The Morgan fingerprint density at radius 2 is 1.76 bits per heavy atom. The molecule has 0 aromatic carbocycles. The highest BCUT2D eigenvalue weighted by Gasteiger charge is 2.40. The van der Waals surface area contributed by atoms with Gasteiger partial charge in [-0.15, -0.1) is 0 Å². The van der Waals surface area contributed by atoms with E-state index < -0.39 is 24.3 Å². The van der Waals surface area contributed by atoms with Crippen molar-refractivity contribution in [3.8, 4) is 0 Å². The number of hydrogen-bond acceptors (Lipinski definition) is 7. The van der Waals surface area contributed by atoms with Crippen molar-refractivity contribution in [1.82, 2.24) is 20.0 Å². The van der Waals surface area contributed by atoms with Crippen LogP contribution in [0.15, 0.2) is 12.3 Å². The van der Waals surface area contributed by atoms with Gasteiger partial charge in [0, 0.05) is 57.8 Å². The molecule has 1 aromatic rings. The van der Waals surface area contributed by atoms with E-state index in [2.05, 4.69) is 20.0 Å². The third kappa shape index (κ3) is 10.4. The molecule has 3 rings (SSSR count). The van der Waals surface area contributed by atoms with Crippen LogP contribution in [-0.4, -0.2) is 113 Å². The third-order valence-corrected chi connectivity index (χ3v) is 4.51. The van der Waals surface area contributed by atoms with Crippen molar-refractivity contribution in [3.05, 3.63) is 18.0 Å². The largest absolute Gasteiger partial charge is 0.490 e. The number of fused-ring (bicyclic) bond motifs is 1. The van der Waals surface area contributed by atoms with Gasteiger partial charge in [-0.25, -0.2) is 9.59 Å². The van der Waals surface area contributed by atoms with Crippen molar-refractivity contribution in [2.45, 2.75) is 31.0 Å². The van der Waals surface area contributed by atoms with Crippen LogP contribution in [0.3, 0.4) is 0 Å². The number of aromatic amines is 1. The topological polar surface area (TPSA) is 128 Å². The summed E-state index contributed by atoms with van der Waals surface area (Å²) in [6.45, 7) is 6.64. The fourth-order valence-electron chi connectivity index (χ4n) is 3.06. The van der Waals surface area contributed by atoms with E-state index in [1.54, 1.807) is 13.3 Å². The van der Waals surface area contributed by atoms with Crippen LogP contribution in [0.25, 0.3) is 0 Å². The molecule has 0 unspecified atom stereocenters. The van der Waals surface area contributed by atoms with Crippen molar-refractivity contribution in [3.63, 3.8) is 0 Å². The molecule has 10 nitrogen and oxygen atoms in total. The van der Waals surface area contributed by atoms with Crippen LogP contribution in [0.4, 0.5) is 26.3 Å². The average molecular weight is 494 g/mol. The number of alkyl halides is 6. The van der Waals surface area contributed by atoms with E-state index in [0.29, 0.717) is 12.1 Å². The van der Waals surface area contributed by atoms with Gasteiger partial charge in [-0.3, -0.25) is 14.9 Å². The Morgan fingerprint density at radius 3 is 2.21 bits per heavy atom. The fourth-order valence-corrected chi connectivity index (χ4v) is 3.06. The number of H-pyrrole nitrogens is 1. The molecule has 2 aliphatic heterocycles. The number of rotatable bonds is 5. The van der Waals surface area contributed by atoms with E-state index in [9.17, 15) is 26.3 Å². The quantitative estimate of drug-likeness (QED) is 0.518. The molecule has 0 amide bonds. The first-order valence-corrected chi connectivity index (χ1v) is 9.41. The Hall–Kier alpha value is -2.43. The van der Waals surface area contributed by atoms with Gasteiger partial charge in [0.25, 0.3) is 0 Å². The van der Waals surface area contributed by atoms with Crippen LogP contribution in [-0.2, 0) is 25.6 Å². The average Bonchev–Trinajstić information content (AvgIpc) is 3.35. The van der Waals surface area contributed by atoms with Gasteiger partial charge in [0.2, 0.25) is 0 Å². The minimum Gasteiger partial charge on any atom is -0.475 e. The summed E-state index contributed by atoms with van der Waals surface area (Å²) < 4.78 is 74.6. The van der Waals surface area contributed by atoms with Gasteiger partial charge in [0.1, 0.15) is 0 Å². The predicted octanol–water partition coefficient (Wildman–Crippen LogP) is 1.21. The summed E-state index contributed by atoms with van der Waals surface area (Å²) in [6.07, 6.45) is -8.02. The summed E-state index contributed by atoms with van der Waals surface area (Å²) in [5.41, 5.74) is 1.17. The van der Waals surface area contributed by atoms with E-state index in [4.69, 9.17) is 29.3 Å². The summed E-state index contributed by atoms with van der Waals surface area (Å²) in [5.74, 6) is -5.51. The Kier molecular flexibility index (Phi) is 11.0. The van der Waals surface area contributed by atoms with Crippen LogP contribution in [0.1, 0.15) is 5.69 Å². The number of nitrogens with zero attached hydrogens (tertiary/aromatic N) is 3. The highest BCUT2D eigenvalue weighted by Crippen LogP contribution is 2.23. The second-order valence-corrected chi connectivity index (χ2v) is 6.89. The number of carboxylic acid groups (broad SMARTS) is 2. The zero-order chi connectivity index (χ0) is 25.2. The fraction of sp³-hybridized carbons (Fsp3) is 0.706. The number of ether oxygens (including phenoxy) is 2.